The zero-order valence-corrected chi connectivity index (χ0v) is 13.4. The average molecular weight is 310 g/mol. The van der Waals surface area contributed by atoms with E-state index in [-0.39, 0.29) is 12.5 Å². The van der Waals surface area contributed by atoms with Gasteiger partial charge in [0, 0.05) is 18.8 Å². The van der Waals surface area contributed by atoms with Crippen LogP contribution in [-0.2, 0) is 11.3 Å². The average Bonchev–Trinajstić information content (AvgIpc) is 3.25. The summed E-state index contributed by atoms with van der Waals surface area (Å²) >= 11 is 0. The van der Waals surface area contributed by atoms with E-state index in [0.717, 1.165) is 29.4 Å². The maximum absolute atomic E-state index is 12.3. The number of piperidine rings is 1. The first kappa shape index (κ1) is 14.3. The summed E-state index contributed by atoms with van der Waals surface area (Å²) in [7, 11) is 0. The number of para-hydroxylation sites is 2. The summed E-state index contributed by atoms with van der Waals surface area (Å²) in [5.74, 6) is 0.792. The first-order valence-corrected chi connectivity index (χ1v) is 8.33. The van der Waals surface area contributed by atoms with Crippen molar-refractivity contribution in [3.05, 3.63) is 42.2 Å². The van der Waals surface area contributed by atoms with Crippen LogP contribution < -0.4 is 10.2 Å². The molecular formula is C18H22N4O. The second-order valence-electron chi connectivity index (χ2n) is 6.77. The number of aryl methyl sites for hydroxylation is 1. The van der Waals surface area contributed by atoms with Gasteiger partial charge in [0.1, 0.15) is 6.54 Å². The van der Waals surface area contributed by atoms with Crippen molar-refractivity contribution >= 4 is 17.3 Å². The fourth-order valence-electron chi connectivity index (χ4n) is 3.94. The number of anilines is 2. The molecule has 1 N–H and O–H groups in total. The van der Waals surface area contributed by atoms with E-state index in [1.54, 1.807) is 10.9 Å². The molecule has 120 valence electrons. The van der Waals surface area contributed by atoms with E-state index in [1.807, 2.05) is 31.3 Å². The SMILES string of the molecule is Cc1cnn(CC(=O)Nc2ccccc2N2C[C@H]3CC[C@H]2C3)c1. The van der Waals surface area contributed by atoms with Gasteiger partial charge in [-0.25, -0.2) is 0 Å². The highest BCUT2D eigenvalue weighted by atomic mass is 16.2. The Morgan fingerprint density at radius 2 is 2.22 bits per heavy atom. The van der Waals surface area contributed by atoms with Crippen LogP contribution in [0.3, 0.4) is 0 Å². The molecule has 2 aliphatic rings. The van der Waals surface area contributed by atoms with Crippen molar-refractivity contribution in [2.75, 3.05) is 16.8 Å². The van der Waals surface area contributed by atoms with Crippen molar-refractivity contribution in [1.82, 2.24) is 9.78 Å². The Morgan fingerprint density at radius 1 is 1.35 bits per heavy atom. The molecule has 0 spiro atoms. The van der Waals surface area contributed by atoms with Gasteiger partial charge in [0.25, 0.3) is 0 Å². The summed E-state index contributed by atoms with van der Waals surface area (Å²) in [6.07, 6.45) is 7.58. The minimum atomic E-state index is -0.0371. The normalized spacial score (nSPS) is 22.6. The van der Waals surface area contributed by atoms with Crippen LogP contribution >= 0.6 is 0 Å². The Kier molecular flexibility index (Phi) is 3.56. The summed E-state index contributed by atoms with van der Waals surface area (Å²) in [4.78, 5) is 14.8. The van der Waals surface area contributed by atoms with Gasteiger partial charge in [0.2, 0.25) is 5.91 Å². The Hall–Kier alpha value is -2.30. The number of amides is 1. The van der Waals surface area contributed by atoms with Crippen LogP contribution in [-0.4, -0.2) is 28.3 Å². The quantitative estimate of drug-likeness (QED) is 0.945. The van der Waals surface area contributed by atoms with E-state index in [0.29, 0.717) is 6.04 Å². The van der Waals surface area contributed by atoms with Crippen LogP contribution in [0.4, 0.5) is 11.4 Å². The Balaban J connectivity index is 1.49. The summed E-state index contributed by atoms with van der Waals surface area (Å²) in [5.41, 5.74) is 3.13. The summed E-state index contributed by atoms with van der Waals surface area (Å²) in [6, 6.07) is 8.79. The lowest BCUT2D eigenvalue weighted by molar-refractivity contribution is -0.116. The van der Waals surface area contributed by atoms with Crippen LogP contribution in [0.1, 0.15) is 24.8 Å². The first-order chi connectivity index (χ1) is 11.2. The third-order valence-corrected chi connectivity index (χ3v) is 4.96. The van der Waals surface area contributed by atoms with Crippen LogP contribution in [0.15, 0.2) is 36.7 Å². The van der Waals surface area contributed by atoms with Crippen molar-refractivity contribution in [3.63, 3.8) is 0 Å². The largest absolute Gasteiger partial charge is 0.367 e. The zero-order valence-electron chi connectivity index (χ0n) is 13.4. The summed E-state index contributed by atoms with van der Waals surface area (Å²) in [6.45, 7) is 3.34. The topological polar surface area (TPSA) is 50.2 Å². The minimum absolute atomic E-state index is 0.0371. The predicted octanol–water partition coefficient (Wildman–Crippen LogP) is 2.82. The molecular weight excluding hydrogens is 288 g/mol. The number of nitrogens with one attached hydrogen (secondary N) is 1. The molecule has 2 heterocycles. The van der Waals surface area contributed by atoms with Gasteiger partial charge < -0.3 is 10.2 Å². The predicted molar refractivity (Wildman–Crippen MR) is 90.5 cm³/mol. The third kappa shape index (κ3) is 2.83. The van der Waals surface area contributed by atoms with Crippen molar-refractivity contribution in [2.24, 2.45) is 5.92 Å². The molecule has 5 heteroatoms. The monoisotopic (exact) mass is 310 g/mol. The van der Waals surface area contributed by atoms with E-state index < -0.39 is 0 Å². The number of carbonyl (C=O) groups excluding carboxylic acids is 1. The molecule has 0 radical (unpaired) electrons. The van der Waals surface area contributed by atoms with Gasteiger partial charge >= 0.3 is 0 Å². The van der Waals surface area contributed by atoms with Gasteiger partial charge in [-0.05, 0) is 49.8 Å². The third-order valence-electron chi connectivity index (χ3n) is 4.96. The maximum atomic E-state index is 12.3. The van der Waals surface area contributed by atoms with Gasteiger partial charge in [-0.2, -0.15) is 5.10 Å². The number of hydrogen-bond acceptors (Lipinski definition) is 3. The molecule has 2 atom stereocenters. The number of benzene rings is 1. The second kappa shape index (κ2) is 5.72. The molecule has 2 fully saturated rings. The van der Waals surface area contributed by atoms with Gasteiger partial charge in [-0.1, -0.05) is 12.1 Å². The molecule has 1 aliphatic heterocycles. The molecule has 4 rings (SSSR count). The number of rotatable bonds is 4. The lowest BCUT2D eigenvalue weighted by Gasteiger charge is -2.31. The Bertz CT molecular complexity index is 723. The molecule has 1 aliphatic carbocycles. The summed E-state index contributed by atoms with van der Waals surface area (Å²) in [5, 5.41) is 7.24. The van der Waals surface area contributed by atoms with Crippen LogP contribution in [0.2, 0.25) is 0 Å². The van der Waals surface area contributed by atoms with E-state index in [4.69, 9.17) is 0 Å². The molecule has 2 aromatic rings. The number of aromatic nitrogens is 2. The van der Waals surface area contributed by atoms with Gasteiger partial charge in [0.05, 0.1) is 17.6 Å². The van der Waals surface area contributed by atoms with E-state index in [2.05, 4.69) is 21.4 Å². The fourth-order valence-corrected chi connectivity index (χ4v) is 3.94. The van der Waals surface area contributed by atoms with Gasteiger partial charge in [-0.15, -0.1) is 0 Å². The molecule has 2 bridgehead atoms. The molecule has 1 amide bonds. The molecule has 0 unspecified atom stereocenters. The molecule has 1 aromatic heterocycles. The van der Waals surface area contributed by atoms with Crippen molar-refractivity contribution in [2.45, 2.75) is 38.8 Å². The number of nitrogens with zero attached hydrogens (tertiary/aromatic N) is 3. The lowest BCUT2D eigenvalue weighted by Crippen LogP contribution is -2.33. The molecule has 1 saturated heterocycles. The molecule has 23 heavy (non-hydrogen) atoms. The zero-order chi connectivity index (χ0) is 15.8. The van der Waals surface area contributed by atoms with E-state index in [1.165, 1.54) is 19.3 Å². The highest BCUT2D eigenvalue weighted by Crippen LogP contribution is 2.42. The molecule has 1 aromatic carbocycles. The van der Waals surface area contributed by atoms with Gasteiger partial charge in [0.15, 0.2) is 0 Å². The highest BCUT2D eigenvalue weighted by molar-refractivity contribution is 5.94. The Morgan fingerprint density at radius 3 is 2.91 bits per heavy atom. The molecule has 5 nitrogen and oxygen atoms in total. The summed E-state index contributed by atoms with van der Waals surface area (Å²) < 4.78 is 1.67. The van der Waals surface area contributed by atoms with E-state index >= 15 is 0 Å². The standard InChI is InChI=1S/C18H22N4O/c1-13-9-19-21(10-13)12-18(23)20-16-4-2-3-5-17(16)22-11-14-6-7-15(22)8-14/h2-5,9-10,14-15H,6-8,11-12H2,1H3,(H,20,23)/t14-,15-/m0/s1. The minimum Gasteiger partial charge on any atom is -0.367 e. The molecule has 1 saturated carbocycles. The Labute approximate surface area is 136 Å². The smallest absolute Gasteiger partial charge is 0.246 e. The van der Waals surface area contributed by atoms with E-state index in [9.17, 15) is 4.79 Å². The van der Waals surface area contributed by atoms with Crippen LogP contribution in [0.25, 0.3) is 0 Å². The van der Waals surface area contributed by atoms with Crippen molar-refractivity contribution in [3.8, 4) is 0 Å². The number of hydrogen-bond donors (Lipinski definition) is 1. The van der Waals surface area contributed by atoms with Crippen LogP contribution in [0.5, 0.6) is 0 Å². The number of carbonyl (C=O) groups is 1. The number of fused-ring (bicyclic) bond motifs is 2. The van der Waals surface area contributed by atoms with Crippen molar-refractivity contribution in [1.29, 1.82) is 0 Å². The van der Waals surface area contributed by atoms with Crippen LogP contribution in [0, 0.1) is 12.8 Å². The maximum Gasteiger partial charge on any atom is 0.246 e. The fraction of sp³-hybridized carbons (Fsp3) is 0.444. The first-order valence-electron chi connectivity index (χ1n) is 8.33. The highest BCUT2D eigenvalue weighted by Gasteiger charge is 2.38. The second-order valence-corrected chi connectivity index (χ2v) is 6.77. The lowest BCUT2D eigenvalue weighted by atomic mass is 10.1. The van der Waals surface area contributed by atoms with Crippen molar-refractivity contribution < 1.29 is 4.79 Å². The van der Waals surface area contributed by atoms with Gasteiger partial charge in [-0.3, -0.25) is 9.48 Å².